The molecule has 0 radical (unpaired) electrons. The summed E-state index contributed by atoms with van der Waals surface area (Å²) in [6.45, 7) is 6.31. The molecule has 1 saturated carbocycles. The van der Waals surface area contributed by atoms with Crippen molar-refractivity contribution in [2.75, 3.05) is 11.9 Å². The summed E-state index contributed by atoms with van der Waals surface area (Å²) in [5, 5.41) is 16.3. The van der Waals surface area contributed by atoms with Crippen molar-refractivity contribution in [2.24, 2.45) is 0 Å². The van der Waals surface area contributed by atoms with E-state index in [1.165, 1.54) is 12.8 Å². The van der Waals surface area contributed by atoms with Gasteiger partial charge in [0.15, 0.2) is 0 Å². The van der Waals surface area contributed by atoms with Crippen LogP contribution in [0, 0.1) is 0 Å². The molecule has 1 aliphatic carbocycles. The largest absolute Gasteiger partial charge is 0.390 e. The average Bonchev–Trinajstić information content (AvgIpc) is 3.03. The first-order valence-corrected chi connectivity index (χ1v) is 7.91. The van der Waals surface area contributed by atoms with Crippen molar-refractivity contribution < 1.29 is 14.4 Å². The van der Waals surface area contributed by atoms with Gasteiger partial charge in [-0.15, -0.1) is 0 Å². The van der Waals surface area contributed by atoms with Crippen molar-refractivity contribution in [3.63, 3.8) is 0 Å². The fourth-order valence-electron chi connectivity index (χ4n) is 3.18. The van der Waals surface area contributed by atoms with E-state index in [4.69, 9.17) is 4.52 Å². The van der Waals surface area contributed by atoms with Crippen LogP contribution in [0.4, 0.5) is 5.95 Å². The second kappa shape index (κ2) is 5.31. The number of carbonyl (C=O) groups excluding carboxylic acids is 1. The summed E-state index contributed by atoms with van der Waals surface area (Å²) < 4.78 is 5.07. The molecule has 1 atom stereocenters. The molecule has 2 N–H and O–H groups in total. The molecule has 0 bridgehead atoms. The van der Waals surface area contributed by atoms with Crippen LogP contribution in [0.25, 0.3) is 0 Å². The zero-order chi connectivity index (χ0) is 16.0. The molecule has 2 fully saturated rings. The lowest BCUT2D eigenvalue weighted by Gasteiger charge is -2.33. The number of aliphatic hydroxyl groups is 1. The molecule has 122 valence electrons. The first-order valence-electron chi connectivity index (χ1n) is 7.91. The molecule has 2 heterocycles. The molecule has 1 aliphatic heterocycles. The number of rotatable bonds is 5. The number of aromatic nitrogens is 2. The van der Waals surface area contributed by atoms with Gasteiger partial charge in [-0.1, -0.05) is 0 Å². The molecule has 3 rings (SSSR count). The molecule has 1 unspecified atom stereocenters. The van der Waals surface area contributed by atoms with Gasteiger partial charge in [0.2, 0.25) is 11.8 Å². The van der Waals surface area contributed by atoms with Gasteiger partial charge in [0, 0.05) is 6.04 Å². The first kappa shape index (κ1) is 15.4. The minimum absolute atomic E-state index is 0.0764. The van der Waals surface area contributed by atoms with Gasteiger partial charge in [0.05, 0.1) is 17.6 Å². The summed E-state index contributed by atoms with van der Waals surface area (Å²) in [7, 11) is 0. The average molecular weight is 308 g/mol. The summed E-state index contributed by atoms with van der Waals surface area (Å²) in [6.07, 6.45) is 4.50. The zero-order valence-electron chi connectivity index (χ0n) is 13.4. The number of hydrogen-bond donors (Lipinski definition) is 2. The van der Waals surface area contributed by atoms with E-state index in [9.17, 15) is 9.90 Å². The SMILES string of the molecule is CC(C)(O)Cc1nc(NC(=O)C2(C)CCCN2C2CC2)no1. The highest BCUT2D eigenvalue weighted by Crippen LogP contribution is 2.39. The maximum atomic E-state index is 12.6. The fourth-order valence-corrected chi connectivity index (χ4v) is 3.18. The number of hydrogen-bond acceptors (Lipinski definition) is 6. The van der Waals surface area contributed by atoms with Gasteiger partial charge in [0.25, 0.3) is 5.95 Å². The highest BCUT2D eigenvalue weighted by atomic mass is 16.5. The van der Waals surface area contributed by atoms with E-state index in [0.717, 1.165) is 19.4 Å². The number of anilines is 1. The number of likely N-dealkylation sites (tertiary alicyclic amines) is 1. The van der Waals surface area contributed by atoms with Crippen LogP contribution in [0.15, 0.2) is 4.52 Å². The highest BCUT2D eigenvalue weighted by Gasteiger charge is 2.49. The Bertz CT molecular complexity index is 561. The van der Waals surface area contributed by atoms with Gasteiger partial charge in [0.1, 0.15) is 0 Å². The van der Waals surface area contributed by atoms with Crippen LogP contribution >= 0.6 is 0 Å². The Morgan fingerprint density at radius 1 is 1.55 bits per heavy atom. The first-order chi connectivity index (χ1) is 10.3. The van der Waals surface area contributed by atoms with E-state index in [-0.39, 0.29) is 18.3 Å². The third-order valence-corrected chi connectivity index (χ3v) is 4.45. The lowest BCUT2D eigenvalue weighted by molar-refractivity contribution is -0.126. The predicted molar refractivity (Wildman–Crippen MR) is 80.3 cm³/mol. The molecule has 1 aromatic rings. The van der Waals surface area contributed by atoms with Crippen LogP contribution in [0.2, 0.25) is 0 Å². The van der Waals surface area contributed by atoms with Crippen LogP contribution in [0.1, 0.15) is 52.3 Å². The monoisotopic (exact) mass is 308 g/mol. The van der Waals surface area contributed by atoms with Crippen LogP contribution in [-0.2, 0) is 11.2 Å². The van der Waals surface area contributed by atoms with Gasteiger partial charge < -0.3 is 9.63 Å². The molecule has 1 saturated heterocycles. The van der Waals surface area contributed by atoms with Gasteiger partial charge in [-0.3, -0.25) is 15.0 Å². The molecule has 0 spiro atoms. The Labute approximate surface area is 130 Å². The van der Waals surface area contributed by atoms with E-state index >= 15 is 0 Å². The van der Waals surface area contributed by atoms with Gasteiger partial charge >= 0.3 is 0 Å². The third kappa shape index (κ3) is 3.15. The topological polar surface area (TPSA) is 91.5 Å². The molecule has 1 amide bonds. The predicted octanol–water partition coefficient (Wildman–Crippen LogP) is 1.34. The van der Waals surface area contributed by atoms with E-state index in [2.05, 4.69) is 20.4 Å². The number of amides is 1. The van der Waals surface area contributed by atoms with E-state index in [0.29, 0.717) is 11.9 Å². The van der Waals surface area contributed by atoms with Crippen LogP contribution in [-0.4, -0.2) is 49.8 Å². The molecule has 22 heavy (non-hydrogen) atoms. The summed E-state index contributed by atoms with van der Waals surface area (Å²) in [5.41, 5.74) is -1.41. The van der Waals surface area contributed by atoms with E-state index in [1.54, 1.807) is 13.8 Å². The highest BCUT2D eigenvalue weighted by molar-refractivity contribution is 5.96. The molecular weight excluding hydrogens is 284 g/mol. The van der Waals surface area contributed by atoms with Crippen molar-refractivity contribution in [3.05, 3.63) is 5.89 Å². The molecule has 1 aromatic heterocycles. The molecule has 0 aromatic carbocycles. The van der Waals surface area contributed by atoms with Crippen LogP contribution in [0.5, 0.6) is 0 Å². The van der Waals surface area contributed by atoms with Crippen molar-refractivity contribution in [1.29, 1.82) is 0 Å². The zero-order valence-corrected chi connectivity index (χ0v) is 13.4. The molecule has 7 heteroatoms. The lowest BCUT2D eigenvalue weighted by Crippen LogP contribution is -2.51. The molecule has 7 nitrogen and oxygen atoms in total. The molecule has 2 aliphatic rings. The Morgan fingerprint density at radius 2 is 2.27 bits per heavy atom. The van der Waals surface area contributed by atoms with E-state index < -0.39 is 11.1 Å². The summed E-state index contributed by atoms with van der Waals surface area (Å²) in [4.78, 5) is 19.1. The maximum Gasteiger partial charge on any atom is 0.270 e. The molecular formula is C15H24N4O3. The fraction of sp³-hybridized carbons (Fsp3) is 0.800. The summed E-state index contributed by atoms with van der Waals surface area (Å²) in [5.74, 6) is 0.416. The number of carbonyl (C=O) groups is 1. The number of nitrogens with one attached hydrogen (secondary N) is 1. The number of nitrogens with zero attached hydrogens (tertiary/aromatic N) is 3. The van der Waals surface area contributed by atoms with Crippen molar-refractivity contribution in [3.8, 4) is 0 Å². The Hall–Kier alpha value is -1.47. The Kier molecular flexibility index (Phi) is 3.72. The van der Waals surface area contributed by atoms with Crippen LogP contribution < -0.4 is 5.32 Å². The normalized spacial score (nSPS) is 26.4. The van der Waals surface area contributed by atoms with Crippen LogP contribution in [0.3, 0.4) is 0 Å². The minimum atomic E-state index is -0.923. The smallest absolute Gasteiger partial charge is 0.270 e. The maximum absolute atomic E-state index is 12.6. The summed E-state index contributed by atoms with van der Waals surface area (Å²) in [6, 6.07) is 0.550. The van der Waals surface area contributed by atoms with Gasteiger partial charge in [-0.2, -0.15) is 4.98 Å². The van der Waals surface area contributed by atoms with Crippen molar-refractivity contribution >= 4 is 11.9 Å². The van der Waals surface area contributed by atoms with Crippen molar-refractivity contribution in [1.82, 2.24) is 15.0 Å². The van der Waals surface area contributed by atoms with Gasteiger partial charge in [-0.25, -0.2) is 0 Å². The minimum Gasteiger partial charge on any atom is -0.390 e. The van der Waals surface area contributed by atoms with Gasteiger partial charge in [-0.05, 0) is 58.2 Å². The second-order valence-corrected chi connectivity index (χ2v) is 7.26. The Balaban J connectivity index is 1.66. The quantitative estimate of drug-likeness (QED) is 0.853. The summed E-state index contributed by atoms with van der Waals surface area (Å²) >= 11 is 0. The van der Waals surface area contributed by atoms with Crippen molar-refractivity contribution in [2.45, 2.75) is 70.1 Å². The second-order valence-electron chi connectivity index (χ2n) is 7.26. The lowest BCUT2D eigenvalue weighted by atomic mass is 9.97. The van der Waals surface area contributed by atoms with E-state index in [1.807, 2.05) is 6.92 Å². The Morgan fingerprint density at radius 3 is 2.91 bits per heavy atom. The standard InChI is InChI=1S/C15H24N4O3/c1-14(2,21)9-11-16-13(18-22-11)17-12(20)15(3)7-4-8-19(15)10-5-6-10/h10,21H,4-9H2,1-3H3,(H,17,18,20). The third-order valence-electron chi connectivity index (χ3n) is 4.45.